The molecule has 2 N–H and O–H groups in total. The number of nitrogens with two attached hydrogens (primary N) is 1. The van der Waals surface area contributed by atoms with E-state index >= 15 is 0 Å². The maximum atomic E-state index is 5.99. The average molecular weight is 177 g/mol. The third-order valence-electron chi connectivity index (χ3n) is 2.24. The fourth-order valence-electron chi connectivity index (χ4n) is 1.55. The lowest BCUT2D eigenvalue weighted by Gasteiger charge is -2.15. The zero-order chi connectivity index (χ0) is 9.90. The van der Waals surface area contributed by atoms with Gasteiger partial charge in [-0.25, -0.2) is 0 Å². The van der Waals surface area contributed by atoms with Crippen molar-refractivity contribution in [2.24, 2.45) is 11.1 Å². The van der Waals surface area contributed by atoms with Crippen molar-refractivity contribution in [2.45, 2.75) is 33.6 Å². The summed E-state index contributed by atoms with van der Waals surface area (Å²) in [5.74, 6) is 0. The van der Waals surface area contributed by atoms with Crippen molar-refractivity contribution in [1.82, 2.24) is 0 Å². The molecular formula is C12H19N. The Kier molecular flexibility index (Phi) is 2.97. The molecular weight excluding hydrogens is 158 g/mol. The van der Waals surface area contributed by atoms with Crippen LogP contribution in [0.1, 0.15) is 33.6 Å². The van der Waals surface area contributed by atoms with Crippen LogP contribution in [-0.4, -0.2) is 0 Å². The number of hydrogen-bond donors (Lipinski definition) is 1. The average Bonchev–Trinajstić information content (AvgIpc) is 2.11. The molecule has 72 valence electrons. The van der Waals surface area contributed by atoms with E-state index in [2.05, 4.69) is 45.1 Å². The molecule has 0 aromatic rings. The Morgan fingerprint density at radius 2 is 2.08 bits per heavy atom. The molecule has 0 radical (unpaired) electrons. The van der Waals surface area contributed by atoms with E-state index in [1.54, 1.807) is 0 Å². The minimum absolute atomic E-state index is 0.0933. The second kappa shape index (κ2) is 3.82. The highest BCUT2D eigenvalue weighted by Crippen LogP contribution is 2.26. The van der Waals surface area contributed by atoms with Crippen LogP contribution in [-0.2, 0) is 0 Å². The van der Waals surface area contributed by atoms with Gasteiger partial charge in [-0.05, 0) is 12.0 Å². The lowest BCUT2D eigenvalue weighted by atomic mass is 9.92. The van der Waals surface area contributed by atoms with Crippen molar-refractivity contribution in [3.63, 3.8) is 0 Å². The number of hydrogen-bond acceptors (Lipinski definition) is 1. The highest BCUT2D eigenvalue weighted by Gasteiger charge is 2.13. The van der Waals surface area contributed by atoms with Crippen LogP contribution in [0.15, 0.2) is 35.6 Å². The first-order valence-corrected chi connectivity index (χ1v) is 4.92. The van der Waals surface area contributed by atoms with Crippen molar-refractivity contribution in [3.8, 4) is 0 Å². The Morgan fingerprint density at radius 3 is 2.69 bits per heavy atom. The molecule has 0 bridgehead atoms. The standard InChI is InChI=1S/C12H19N/c1-4-6-10-7-5-8-12(2,3)9-11(10)13/h5,7-9H,4,6,13H2,1-3H3. The summed E-state index contributed by atoms with van der Waals surface area (Å²) >= 11 is 0. The van der Waals surface area contributed by atoms with Gasteiger partial charge in [-0.15, -0.1) is 0 Å². The highest BCUT2D eigenvalue weighted by atomic mass is 14.6. The van der Waals surface area contributed by atoms with Crippen LogP contribution in [0.5, 0.6) is 0 Å². The fraction of sp³-hybridized carbons (Fsp3) is 0.500. The quantitative estimate of drug-likeness (QED) is 0.689. The van der Waals surface area contributed by atoms with Gasteiger partial charge < -0.3 is 5.73 Å². The Balaban J connectivity index is 2.91. The molecule has 1 rings (SSSR count). The Hall–Kier alpha value is -0.980. The highest BCUT2D eigenvalue weighted by molar-refractivity contribution is 5.37. The number of allylic oxidation sites excluding steroid dienone is 5. The molecule has 0 unspecified atom stereocenters. The summed E-state index contributed by atoms with van der Waals surface area (Å²) in [6.07, 6.45) is 10.8. The summed E-state index contributed by atoms with van der Waals surface area (Å²) in [5, 5.41) is 0. The summed E-state index contributed by atoms with van der Waals surface area (Å²) in [7, 11) is 0. The SMILES string of the molecule is CCCC1=CC=CC(C)(C)C=C1N. The fourth-order valence-corrected chi connectivity index (χ4v) is 1.55. The molecule has 13 heavy (non-hydrogen) atoms. The van der Waals surface area contributed by atoms with E-state index in [0.29, 0.717) is 0 Å². The zero-order valence-corrected chi connectivity index (χ0v) is 8.80. The molecule has 0 atom stereocenters. The van der Waals surface area contributed by atoms with Crippen molar-refractivity contribution in [2.75, 3.05) is 0 Å². The van der Waals surface area contributed by atoms with Crippen LogP contribution >= 0.6 is 0 Å². The van der Waals surface area contributed by atoms with E-state index in [1.165, 1.54) is 5.57 Å². The lowest BCUT2D eigenvalue weighted by Crippen LogP contribution is -2.08. The molecule has 1 nitrogen and oxygen atoms in total. The van der Waals surface area contributed by atoms with Crippen LogP contribution in [0.25, 0.3) is 0 Å². The normalized spacial score (nSPS) is 20.5. The van der Waals surface area contributed by atoms with Gasteiger partial charge in [-0.3, -0.25) is 0 Å². The minimum Gasteiger partial charge on any atom is -0.399 e. The largest absolute Gasteiger partial charge is 0.399 e. The third kappa shape index (κ3) is 2.76. The van der Waals surface area contributed by atoms with Crippen LogP contribution < -0.4 is 5.73 Å². The van der Waals surface area contributed by atoms with Crippen molar-refractivity contribution in [1.29, 1.82) is 0 Å². The third-order valence-corrected chi connectivity index (χ3v) is 2.24. The maximum absolute atomic E-state index is 5.99. The van der Waals surface area contributed by atoms with Crippen LogP contribution in [0.4, 0.5) is 0 Å². The van der Waals surface area contributed by atoms with E-state index < -0.39 is 0 Å². The van der Waals surface area contributed by atoms with Gasteiger partial charge in [0.15, 0.2) is 0 Å². The minimum atomic E-state index is 0.0933. The van der Waals surface area contributed by atoms with Gasteiger partial charge in [0.25, 0.3) is 0 Å². The van der Waals surface area contributed by atoms with Gasteiger partial charge in [0.1, 0.15) is 0 Å². The second-order valence-corrected chi connectivity index (χ2v) is 4.22. The van der Waals surface area contributed by atoms with E-state index in [4.69, 9.17) is 5.73 Å². The van der Waals surface area contributed by atoms with E-state index in [1.807, 2.05) is 0 Å². The molecule has 0 heterocycles. The summed E-state index contributed by atoms with van der Waals surface area (Å²) in [6, 6.07) is 0. The molecule has 0 fully saturated rings. The predicted molar refractivity (Wildman–Crippen MR) is 58.2 cm³/mol. The van der Waals surface area contributed by atoms with Gasteiger partial charge in [-0.2, -0.15) is 0 Å². The van der Waals surface area contributed by atoms with Gasteiger partial charge in [0, 0.05) is 11.1 Å². The molecule has 0 aromatic carbocycles. The molecule has 0 spiro atoms. The number of rotatable bonds is 2. The van der Waals surface area contributed by atoms with Gasteiger partial charge in [0.05, 0.1) is 0 Å². The summed E-state index contributed by atoms with van der Waals surface area (Å²) in [6.45, 7) is 6.51. The van der Waals surface area contributed by atoms with E-state index in [-0.39, 0.29) is 5.41 Å². The van der Waals surface area contributed by atoms with Gasteiger partial charge in [0.2, 0.25) is 0 Å². The molecule has 1 aliphatic rings. The van der Waals surface area contributed by atoms with E-state index in [9.17, 15) is 0 Å². The van der Waals surface area contributed by atoms with Gasteiger partial charge >= 0.3 is 0 Å². The first kappa shape index (κ1) is 10.1. The Labute approximate surface area is 81.0 Å². The monoisotopic (exact) mass is 177 g/mol. The molecule has 0 aliphatic heterocycles. The molecule has 1 aliphatic carbocycles. The van der Waals surface area contributed by atoms with Crippen LogP contribution in [0.3, 0.4) is 0 Å². The lowest BCUT2D eigenvalue weighted by molar-refractivity contribution is 0.621. The summed E-state index contributed by atoms with van der Waals surface area (Å²) < 4.78 is 0. The first-order chi connectivity index (χ1) is 6.05. The van der Waals surface area contributed by atoms with Crippen molar-refractivity contribution >= 4 is 0 Å². The molecule has 0 aromatic heterocycles. The van der Waals surface area contributed by atoms with E-state index in [0.717, 1.165) is 18.5 Å². The van der Waals surface area contributed by atoms with Crippen LogP contribution in [0.2, 0.25) is 0 Å². The smallest absolute Gasteiger partial charge is 0.0314 e. The topological polar surface area (TPSA) is 26.0 Å². The zero-order valence-electron chi connectivity index (χ0n) is 8.80. The Morgan fingerprint density at radius 1 is 1.38 bits per heavy atom. The van der Waals surface area contributed by atoms with Gasteiger partial charge in [-0.1, -0.05) is 51.5 Å². The predicted octanol–water partition coefficient (Wildman–Crippen LogP) is 3.15. The first-order valence-electron chi connectivity index (χ1n) is 4.92. The maximum Gasteiger partial charge on any atom is 0.0314 e. The van der Waals surface area contributed by atoms with Crippen molar-refractivity contribution in [3.05, 3.63) is 35.6 Å². The second-order valence-electron chi connectivity index (χ2n) is 4.22. The Bertz CT molecular complexity index is 267. The molecule has 0 saturated carbocycles. The molecule has 0 amide bonds. The van der Waals surface area contributed by atoms with Crippen LogP contribution in [0, 0.1) is 5.41 Å². The van der Waals surface area contributed by atoms with Crippen molar-refractivity contribution < 1.29 is 0 Å². The molecule has 1 heteroatoms. The molecule has 0 saturated heterocycles. The summed E-state index contributed by atoms with van der Waals surface area (Å²) in [5.41, 5.74) is 8.30. The summed E-state index contributed by atoms with van der Waals surface area (Å²) in [4.78, 5) is 0.